The fraction of sp³-hybridized carbons (Fsp3) is 0.949. The fourth-order valence-electron chi connectivity index (χ4n) is 12.6. The third-order valence-electron chi connectivity index (χ3n) is 18.6. The molecule has 0 radical (unpaired) electrons. The zero-order valence-electron chi connectivity index (χ0n) is 57.4. The van der Waals surface area contributed by atoms with E-state index in [4.69, 9.17) is 4.74 Å². The second-order valence-electron chi connectivity index (χ2n) is 27.0. The van der Waals surface area contributed by atoms with Crippen molar-refractivity contribution in [2.24, 2.45) is 0 Å². The second kappa shape index (κ2) is 74.1. The summed E-state index contributed by atoms with van der Waals surface area (Å²) in [5.74, 6) is -0.00923. The maximum atomic E-state index is 12.5. The molecule has 6 nitrogen and oxygen atoms in total. The number of hydrogen-bond acceptors (Lipinski definition) is 5. The molecule has 0 aromatic heterocycles. The van der Waals surface area contributed by atoms with E-state index in [2.05, 4.69) is 31.3 Å². The topological polar surface area (TPSA) is 95.9 Å². The average Bonchev–Trinajstić information content (AvgIpc) is 3.51. The van der Waals surface area contributed by atoms with Gasteiger partial charge in [-0.2, -0.15) is 0 Å². The number of allylic oxidation sites excluding steroid dienone is 2. The molecule has 2 unspecified atom stereocenters. The van der Waals surface area contributed by atoms with E-state index in [-0.39, 0.29) is 18.5 Å². The molecule has 0 rings (SSSR count). The second-order valence-corrected chi connectivity index (χ2v) is 27.0. The van der Waals surface area contributed by atoms with E-state index in [0.29, 0.717) is 25.9 Å². The summed E-state index contributed by atoms with van der Waals surface area (Å²) >= 11 is 0. The van der Waals surface area contributed by atoms with Crippen LogP contribution in [0.3, 0.4) is 0 Å². The minimum atomic E-state index is -0.659. The first-order valence-corrected chi connectivity index (χ1v) is 38.9. The predicted molar refractivity (Wildman–Crippen MR) is 370 cm³/mol. The molecule has 1 amide bonds. The third-order valence-corrected chi connectivity index (χ3v) is 18.6. The Morgan fingerprint density at radius 3 is 0.845 bits per heavy atom. The molecule has 0 aliphatic rings. The van der Waals surface area contributed by atoms with Crippen molar-refractivity contribution < 1.29 is 24.5 Å². The standard InChI is InChI=1S/C78H153NO5/c1-3-5-7-9-11-13-15-17-19-43-46-50-54-58-62-66-70-76(81)75(74-80)79-77(82)71-67-63-59-55-51-47-44-41-39-37-35-33-31-29-27-25-23-21-20-22-24-26-28-30-32-34-36-38-40-42-45-49-53-57-61-65-69-73-84-78(83)72-68-64-60-56-52-48-18-16-14-12-10-8-6-4-2/h16,18,75-76,80-81H,3-15,17,19-74H2,1-2H3,(H,79,82)/b18-16-. The van der Waals surface area contributed by atoms with Gasteiger partial charge >= 0.3 is 5.97 Å². The smallest absolute Gasteiger partial charge is 0.305 e. The summed E-state index contributed by atoms with van der Waals surface area (Å²) in [6.45, 7) is 4.99. The molecular formula is C78H153NO5. The van der Waals surface area contributed by atoms with Crippen LogP contribution in [0.4, 0.5) is 0 Å². The summed E-state index contributed by atoms with van der Waals surface area (Å²) in [5, 5.41) is 23.4. The predicted octanol–water partition coefficient (Wildman–Crippen LogP) is 25.5. The van der Waals surface area contributed by atoms with Crippen LogP contribution < -0.4 is 5.32 Å². The largest absolute Gasteiger partial charge is 0.466 e. The van der Waals surface area contributed by atoms with Crippen LogP contribution in [-0.2, 0) is 14.3 Å². The average molecular weight is 1190 g/mol. The molecule has 0 aromatic carbocycles. The van der Waals surface area contributed by atoms with Crippen LogP contribution in [0, 0.1) is 0 Å². The number of ether oxygens (including phenoxy) is 1. The molecule has 0 bridgehead atoms. The third kappa shape index (κ3) is 69.7. The molecule has 84 heavy (non-hydrogen) atoms. The minimum Gasteiger partial charge on any atom is -0.466 e. The van der Waals surface area contributed by atoms with Crippen molar-refractivity contribution in [3.8, 4) is 0 Å². The number of unbranched alkanes of at least 4 members (excludes halogenated alkanes) is 61. The summed E-state index contributed by atoms with van der Waals surface area (Å²) in [4.78, 5) is 24.6. The highest BCUT2D eigenvalue weighted by molar-refractivity contribution is 5.76. The van der Waals surface area contributed by atoms with Gasteiger partial charge in [-0.05, 0) is 51.4 Å². The Morgan fingerprint density at radius 2 is 0.560 bits per heavy atom. The van der Waals surface area contributed by atoms with Gasteiger partial charge in [0, 0.05) is 12.8 Å². The van der Waals surface area contributed by atoms with Crippen molar-refractivity contribution in [2.45, 2.75) is 463 Å². The highest BCUT2D eigenvalue weighted by Gasteiger charge is 2.20. The van der Waals surface area contributed by atoms with Crippen LogP contribution in [0.15, 0.2) is 12.2 Å². The first kappa shape index (κ1) is 82.6. The van der Waals surface area contributed by atoms with Gasteiger partial charge in [0.05, 0.1) is 25.4 Å². The lowest BCUT2D eigenvalue weighted by molar-refractivity contribution is -0.143. The lowest BCUT2D eigenvalue weighted by atomic mass is 10.0. The highest BCUT2D eigenvalue weighted by Crippen LogP contribution is 2.20. The van der Waals surface area contributed by atoms with Gasteiger partial charge in [-0.15, -0.1) is 0 Å². The number of carbonyl (C=O) groups is 2. The van der Waals surface area contributed by atoms with Gasteiger partial charge in [-0.1, -0.05) is 398 Å². The SMILES string of the molecule is CCCCCCC/C=C\CCCCCCCC(=O)OCCCCCCCCCCCCCCCCCCCCCCCCCCCCCCCCCCCCCCCC(=O)NC(CO)C(O)CCCCCCCCCCCCCCCCCC. The summed E-state index contributed by atoms with van der Waals surface area (Å²) in [5.41, 5.74) is 0. The van der Waals surface area contributed by atoms with Gasteiger partial charge in [0.1, 0.15) is 0 Å². The Labute approximate surface area is 527 Å². The Kier molecular flexibility index (Phi) is 72.8. The van der Waals surface area contributed by atoms with Crippen molar-refractivity contribution in [1.82, 2.24) is 5.32 Å². The van der Waals surface area contributed by atoms with Gasteiger partial charge in [-0.25, -0.2) is 0 Å². The van der Waals surface area contributed by atoms with Gasteiger partial charge < -0.3 is 20.3 Å². The lowest BCUT2D eigenvalue weighted by Gasteiger charge is -2.22. The molecule has 0 spiro atoms. The molecule has 2 atom stereocenters. The molecule has 0 saturated carbocycles. The monoisotopic (exact) mass is 1180 g/mol. The first-order valence-electron chi connectivity index (χ1n) is 38.9. The van der Waals surface area contributed by atoms with Crippen molar-refractivity contribution in [3.05, 3.63) is 12.2 Å². The van der Waals surface area contributed by atoms with Crippen molar-refractivity contribution >= 4 is 11.9 Å². The Morgan fingerprint density at radius 1 is 0.321 bits per heavy atom. The Bertz CT molecular complexity index is 1270. The van der Waals surface area contributed by atoms with Crippen LogP contribution in [0.2, 0.25) is 0 Å². The molecule has 0 aliphatic carbocycles. The van der Waals surface area contributed by atoms with Crippen molar-refractivity contribution in [2.75, 3.05) is 13.2 Å². The number of carbonyl (C=O) groups excluding carboxylic acids is 2. The van der Waals surface area contributed by atoms with Gasteiger partial charge in [0.2, 0.25) is 5.91 Å². The molecule has 0 saturated heterocycles. The van der Waals surface area contributed by atoms with Gasteiger partial charge in [0.15, 0.2) is 0 Å². The van der Waals surface area contributed by atoms with E-state index in [1.807, 2.05) is 0 Å². The van der Waals surface area contributed by atoms with Crippen LogP contribution in [-0.4, -0.2) is 47.4 Å². The van der Waals surface area contributed by atoms with E-state index < -0.39 is 12.1 Å². The molecule has 0 aromatic rings. The van der Waals surface area contributed by atoms with E-state index in [1.54, 1.807) is 0 Å². The van der Waals surface area contributed by atoms with Crippen molar-refractivity contribution in [3.63, 3.8) is 0 Å². The minimum absolute atomic E-state index is 0.0158. The van der Waals surface area contributed by atoms with Crippen LogP contribution in [0.1, 0.15) is 450 Å². The highest BCUT2D eigenvalue weighted by atomic mass is 16.5. The zero-order valence-corrected chi connectivity index (χ0v) is 57.4. The maximum absolute atomic E-state index is 12.5. The molecule has 0 fully saturated rings. The van der Waals surface area contributed by atoms with Gasteiger partial charge in [-0.3, -0.25) is 9.59 Å². The van der Waals surface area contributed by atoms with Gasteiger partial charge in [0.25, 0.3) is 0 Å². The summed E-state index contributed by atoms with van der Waals surface area (Å²) in [7, 11) is 0. The van der Waals surface area contributed by atoms with Crippen LogP contribution >= 0.6 is 0 Å². The summed E-state index contributed by atoms with van der Waals surface area (Å²) in [6.07, 6.45) is 93.1. The Balaban J connectivity index is 3.29. The van der Waals surface area contributed by atoms with E-state index in [9.17, 15) is 19.8 Å². The Hall–Kier alpha value is -1.40. The molecular weight excluding hydrogens is 1030 g/mol. The molecule has 3 N–H and O–H groups in total. The van der Waals surface area contributed by atoms with Crippen LogP contribution in [0.5, 0.6) is 0 Å². The lowest BCUT2D eigenvalue weighted by Crippen LogP contribution is -2.45. The number of aliphatic hydroxyl groups is 2. The molecule has 6 heteroatoms. The summed E-state index contributed by atoms with van der Waals surface area (Å²) < 4.78 is 5.49. The number of aliphatic hydroxyl groups excluding tert-OH is 2. The quantitative estimate of drug-likeness (QED) is 0.0320. The number of nitrogens with one attached hydrogen (secondary N) is 1. The first-order chi connectivity index (χ1) is 41.5. The number of hydrogen-bond donors (Lipinski definition) is 3. The molecule has 0 aliphatic heterocycles. The number of rotatable bonds is 74. The normalized spacial score (nSPS) is 12.5. The number of amides is 1. The van der Waals surface area contributed by atoms with E-state index in [0.717, 1.165) is 44.9 Å². The summed E-state index contributed by atoms with van der Waals surface area (Å²) in [6, 6.07) is -0.536. The fourth-order valence-corrected chi connectivity index (χ4v) is 12.6. The number of esters is 1. The molecule has 0 heterocycles. The van der Waals surface area contributed by atoms with E-state index >= 15 is 0 Å². The molecule has 500 valence electrons. The zero-order chi connectivity index (χ0) is 60.6. The maximum Gasteiger partial charge on any atom is 0.305 e. The van der Waals surface area contributed by atoms with Crippen LogP contribution in [0.25, 0.3) is 0 Å². The van der Waals surface area contributed by atoms with Crippen molar-refractivity contribution in [1.29, 1.82) is 0 Å². The van der Waals surface area contributed by atoms with E-state index in [1.165, 1.54) is 372 Å².